The van der Waals surface area contributed by atoms with E-state index in [9.17, 15) is 4.79 Å². The minimum absolute atomic E-state index is 0.0361. The molecule has 0 spiro atoms. The van der Waals surface area contributed by atoms with E-state index in [1.165, 1.54) is 0 Å². The molecule has 0 saturated heterocycles. The lowest BCUT2D eigenvalue weighted by Gasteiger charge is -2.16. The topological polar surface area (TPSA) is 67.6 Å². The first-order valence-corrected chi connectivity index (χ1v) is 6.62. The van der Waals surface area contributed by atoms with Gasteiger partial charge in [-0.05, 0) is 17.7 Å². The molecule has 2 rings (SSSR count). The van der Waals surface area contributed by atoms with Gasteiger partial charge in [-0.1, -0.05) is 12.1 Å². The quantitative estimate of drug-likeness (QED) is 0.860. The number of rotatable bonds is 6. The number of aromatic nitrogens is 2. The van der Waals surface area contributed by atoms with Crippen LogP contribution in [0.1, 0.15) is 11.1 Å². The molecule has 1 amide bonds. The molecule has 112 valence electrons. The maximum atomic E-state index is 12.0. The Balaban J connectivity index is 1.85. The number of aliphatic hydroxyl groups excluding tert-OH is 1. The van der Waals surface area contributed by atoms with Crippen LogP contribution in [0.2, 0.25) is 0 Å². The van der Waals surface area contributed by atoms with Crippen molar-refractivity contribution in [3.63, 3.8) is 0 Å². The van der Waals surface area contributed by atoms with E-state index in [-0.39, 0.29) is 19.1 Å². The van der Waals surface area contributed by atoms with E-state index in [1.807, 2.05) is 13.2 Å². The molecule has 0 aliphatic rings. The molecule has 1 heterocycles. The molecule has 6 heteroatoms. The van der Waals surface area contributed by atoms with Crippen LogP contribution < -0.4 is 4.74 Å². The summed E-state index contributed by atoms with van der Waals surface area (Å²) in [4.78, 5) is 13.6. The standard InChI is InChI=1S/C15H19N3O3/c1-17(8-13-7-16-18(2)9-13)15(20)11-21-14-5-3-4-12(6-14)10-19/h3-7,9,19H,8,10-11H2,1-2H3. The molecule has 0 aliphatic carbocycles. The lowest BCUT2D eigenvalue weighted by molar-refractivity contribution is -0.132. The van der Waals surface area contributed by atoms with Crippen molar-refractivity contribution < 1.29 is 14.6 Å². The molecule has 1 N–H and O–H groups in total. The van der Waals surface area contributed by atoms with Crippen molar-refractivity contribution in [1.82, 2.24) is 14.7 Å². The fourth-order valence-corrected chi connectivity index (χ4v) is 1.90. The zero-order valence-corrected chi connectivity index (χ0v) is 12.2. The number of benzene rings is 1. The molecular formula is C15H19N3O3. The summed E-state index contributed by atoms with van der Waals surface area (Å²) in [6.07, 6.45) is 3.60. The largest absolute Gasteiger partial charge is 0.484 e. The summed E-state index contributed by atoms with van der Waals surface area (Å²) in [5.41, 5.74) is 1.72. The Hall–Kier alpha value is -2.34. The molecule has 0 radical (unpaired) electrons. The SMILES string of the molecule is CN(Cc1cnn(C)c1)C(=O)COc1cccc(CO)c1. The lowest BCUT2D eigenvalue weighted by Crippen LogP contribution is -2.30. The van der Waals surface area contributed by atoms with Crippen LogP contribution >= 0.6 is 0 Å². The number of amides is 1. The van der Waals surface area contributed by atoms with Crippen molar-refractivity contribution in [2.45, 2.75) is 13.2 Å². The average Bonchev–Trinajstić information content (AvgIpc) is 2.90. The van der Waals surface area contributed by atoms with E-state index in [1.54, 1.807) is 47.1 Å². The number of aryl methyl sites for hydroxylation is 1. The third-order valence-electron chi connectivity index (χ3n) is 3.05. The van der Waals surface area contributed by atoms with Crippen molar-refractivity contribution in [3.05, 3.63) is 47.8 Å². The maximum absolute atomic E-state index is 12.0. The lowest BCUT2D eigenvalue weighted by atomic mass is 10.2. The van der Waals surface area contributed by atoms with Crippen LogP contribution in [0.5, 0.6) is 5.75 Å². The zero-order chi connectivity index (χ0) is 15.2. The highest BCUT2D eigenvalue weighted by Gasteiger charge is 2.11. The molecule has 0 atom stereocenters. The van der Waals surface area contributed by atoms with Gasteiger partial charge in [0, 0.05) is 32.4 Å². The van der Waals surface area contributed by atoms with Crippen LogP contribution in [0.3, 0.4) is 0 Å². The average molecular weight is 289 g/mol. The van der Waals surface area contributed by atoms with Gasteiger partial charge in [-0.2, -0.15) is 5.10 Å². The smallest absolute Gasteiger partial charge is 0.260 e. The van der Waals surface area contributed by atoms with Crippen LogP contribution in [0, 0.1) is 0 Å². The summed E-state index contributed by atoms with van der Waals surface area (Å²) in [6, 6.07) is 7.05. The van der Waals surface area contributed by atoms with Gasteiger partial charge < -0.3 is 14.7 Å². The Morgan fingerprint density at radius 1 is 1.43 bits per heavy atom. The highest BCUT2D eigenvalue weighted by molar-refractivity contribution is 5.77. The predicted octanol–water partition coefficient (Wildman–Crippen LogP) is 0.950. The highest BCUT2D eigenvalue weighted by Crippen LogP contribution is 2.13. The molecule has 0 fully saturated rings. The van der Waals surface area contributed by atoms with Crippen LogP contribution in [-0.2, 0) is 25.0 Å². The first-order chi connectivity index (χ1) is 10.1. The van der Waals surface area contributed by atoms with Gasteiger partial charge in [-0.3, -0.25) is 9.48 Å². The Labute approximate surface area is 123 Å². The second-order valence-corrected chi connectivity index (χ2v) is 4.87. The minimum atomic E-state index is -0.117. The molecule has 6 nitrogen and oxygen atoms in total. The van der Waals surface area contributed by atoms with Crippen molar-refractivity contribution in [3.8, 4) is 5.75 Å². The third-order valence-corrected chi connectivity index (χ3v) is 3.05. The molecule has 0 aliphatic heterocycles. The fourth-order valence-electron chi connectivity index (χ4n) is 1.90. The molecule has 1 aromatic heterocycles. The van der Waals surface area contributed by atoms with E-state index >= 15 is 0 Å². The van der Waals surface area contributed by atoms with Crippen molar-refractivity contribution in [2.75, 3.05) is 13.7 Å². The van der Waals surface area contributed by atoms with E-state index in [2.05, 4.69) is 5.10 Å². The number of hydrogen-bond donors (Lipinski definition) is 1. The Bertz CT molecular complexity index is 610. The summed E-state index contributed by atoms with van der Waals surface area (Å²) in [5, 5.41) is 13.1. The summed E-state index contributed by atoms with van der Waals surface area (Å²) >= 11 is 0. The van der Waals surface area contributed by atoms with Gasteiger partial charge in [-0.15, -0.1) is 0 Å². The number of likely N-dealkylation sites (N-methyl/N-ethyl adjacent to an activating group) is 1. The minimum Gasteiger partial charge on any atom is -0.484 e. The van der Waals surface area contributed by atoms with Crippen LogP contribution in [0.25, 0.3) is 0 Å². The van der Waals surface area contributed by atoms with Gasteiger partial charge in [0.05, 0.1) is 12.8 Å². The molecule has 0 saturated carbocycles. The van der Waals surface area contributed by atoms with E-state index < -0.39 is 0 Å². The molecule has 0 unspecified atom stereocenters. The zero-order valence-electron chi connectivity index (χ0n) is 12.2. The fraction of sp³-hybridized carbons (Fsp3) is 0.333. The van der Waals surface area contributed by atoms with Crippen molar-refractivity contribution in [1.29, 1.82) is 0 Å². The number of carbonyl (C=O) groups excluding carboxylic acids is 1. The van der Waals surface area contributed by atoms with E-state index in [0.717, 1.165) is 11.1 Å². The number of carbonyl (C=O) groups is 1. The second kappa shape index (κ2) is 6.90. The summed E-state index contributed by atoms with van der Waals surface area (Å²) in [5.74, 6) is 0.456. The highest BCUT2D eigenvalue weighted by atomic mass is 16.5. The first-order valence-electron chi connectivity index (χ1n) is 6.62. The Morgan fingerprint density at radius 2 is 2.24 bits per heavy atom. The molecule has 2 aromatic rings. The predicted molar refractivity (Wildman–Crippen MR) is 77.5 cm³/mol. The van der Waals surface area contributed by atoms with Gasteiger partial charge >= 0.3 is 0 Å². The summed E-state index contributed by atoms with van der Waals surface area (Å²) in [7, 11) is 3.56. The van der Waals surface area contributed by atoms with Gasteiger partial charge in [0.15, 0.2) is 6.61 Å². The van der Waals surface area contributed by atoms with Gasteiger partial charge in [0.2, 0.25) is 0 Å². The maximum Gasteiger partial charge on any atom is 0.260 e. The van der Waals surface area contributed by atoms with Crippen LogP contribution in [0.4, 0.5) is 0 Å². The Morgan fingerprint density at radius 3 is 2.90 bits per heavy atom. The van der Waals surface area contributed by atoms with Gasteiger partial charge in [0.25, 0.3) is 5.91 Å². The molecule has 21 heavy (non-hydrogen) atoms. The third kappa shape index (κ3) is 4.32. The van der Waals surface area contributed by atoms with Crippen LogP contribution in [-0.4, -0.2) is 39.3 Å². The summed E-state index contributed by atoms with van der Waals surface area (Å²) in [6.45, 7) is 0.407. The van der Waals surface area contributed by atoms with Gasteiger partial charge in [-0.25, -0.2) is 0 Å². The molecule has 0 bridgehead atoms. The van der Waals surface area contributed by atoms with E-state index in [0.29, 0.717) is 12.3 Å². The van der Waals surface area contributed by atoms with Crippen molar-refractivity contribution in [2.24, 2.45) is 7.05 Å². The van der Waals surface area contributed by atoms with Crippen molar-refractivity contribution >= 4 is 5.91 Å². The normalized spacial score (nSPS) is 10.4. The Kier molecular flexibility index (Phi) is 4.94. The molecular weight excluding hydrogens is 270 g/mol. The second-order valence-electron chi connectivity index (χ2n) is 4.87. The van der Waals surface area contributed by atoms with E-state index in [4.69, 9.17) is 9.84 Å². The summed E-state index contributed by atoms with van der Waals surface area (Å²) < 4.78 is 7.15. The number of aliphatic hydroxyl groups is 1. The molecule has 1 aromatic carbocycles. The van der Waals surface area contributed by atoms with Crippen LogP contribution in [0.15, 0.2) is 36.7 Å². The first kappa shape index (κ1) is 15.1. The monoisotopic (exact) mass is 289 g/mol. The van der Waals surface area contributed by atoms with Gasteiger partial charge in [0.1, 0.15) is 5.75 Å². The number of hydrogen-bond acceptors (Lipinski definition) is 4. The number of nitrogens with zero attached hydrogens (tertiary/aromatic N) is 3. The number of ether oxygens (including phenoxy) is 1.